The predicted octanol–water partition coefficient (Wildman–Crippen LogP) is 3.13. The summed E-state index contributed by atoms with van der Waals surface area (Å²) in [5.41, 5.74) is 1.34. The van der Waals surface area contributed by atoms with E-state index >= 15 is 0 Å². The van der Waals surface area contributed by atoms with E-state index in [2.05, 4.69) is 5.32 Å². The fourth-order valence-electron chi connectivity index (χ4n) is 2.50. The lowest BCUT2D eigenvalue weighted by atomic mass is 10.1. The Hall–Kier alpha value is -2.76. The Morgan fingerprint density at radius 2 is 1.64 bits per heavy atom. The molecular weight excluding hydrogens is 326 g/mol. The maximum absolute atomic E-state index is 13.2. The molecule has 0 aromatic heterocycles. The summed E-state index contributed by atoms with van der Waals surface area (Å²) in [6, 6.07) is 9.96. The van der Waals surface area contributed by atoms with Gasteiger partial charge in [0.05, 0.1) is 0 Å². The van der Waals surface area contributed by atoms with Gasteiger partial charge >= 0.3 is 0 Å². The van der Waals surface area contributed by atoms with Crippen LogP contribution in [0.1, 0.15) is 39.1 Å². The number of hydrogen-bond acceptors (Lipinski definition) is 2. The molecule has 0 heterocycles. The molecule has 0 atom stereocenters. The summed E-state index contributed by atoms with van der Waals surface area (Å²) >= 11 is 0. The van der Waals surface area contributed by atoms with Crippen LogP contribution >= 0.6 is 0 Å². The number of amides is 2. The van der Waals surface area contributed by atoms with Crippen molar-refractivity contribution in [3.05, 3.63) is 70.8 Å². The average Bonchev–Trinajstić information content (AvgIpc) is 3.37. The quantitative estimate of drug-likeness (QED) is 0.906. The van der Waals surface area contributed by atoms with E-state index in [1.165, 1.54) is 4.90 Å². The molecule has 1 aliphatic carbocycles. The van der Waals surface area contributed by atoms with Gasteiger partial charge in [0.1, 0.15) is 11.6 Å². The van der Waals surface area contributed by atoms with Crippen molar-refractivity contribution < 1.29 is 18.4 Å². The lowest BCUT2D eigenvalue weighted by Gasteiger charge is -2.17. The Labute approximate surface area is 144 Å². The second-order valence-corrected chi connectivity index (χ2v) is 6.26. The van der Waals surface area contributed by atoms with Crippen LogP contribution < -0.4 is 5.32 Å². The van der Waals surface area contributed by atoms with Crippen LogP contribution in [0.15, 0.2) is 42.5 Å². The molecule has 25 heavy (non-hydrogen) atoms. The van der Waals surface area contributed by atoms with Crippen LogP contribution in [-0.2, 0) is 6.54 Å². The first-order chi connectivity index (χ1) is 11.9. The van der Waals surface area contributed by atoms with Crippen molar-refractivity contribution in [2.24, 2.45) is 0 Å². The van der Waals surface area contributed by atoms with E-state index in [1.54, 1.807) is 31.3 Å². The highest BCUT2D eigenvalue weighted by molar-refractivity contribution is 5.95. The van der Waals surface area contributed by atoms with E-state index in [0.29, 0.717) is 11.6 Å². The zero-order chi connectivity index (χ0) is 18.0. The highest BCUT2D eigenvalue weighted by Gasteiger charge is 2.23. The minimum Gasteiger partial charge on any atom is -0.349 e. The average molecular weight is 344 g/mol. The number of carbonyl (C=O) groups excluding carboxylic acids is 2. The van der Waals surface area contributed by atoms with Gasteiger partial charge in [0.25, 0.3) is 11.8 Å². The maximum Gasteiger partial charge on any atom is 0.254 e. The van der Waals surface area contributed by atoms with Crippen LogP contribution in [0.2, 0.25) is 0 Å². The SMILES string of the molecule is CN(Cc1ccc(C(=O)NC2CC2)cc1)C(=O)c1cc(F)cc(F)c1. The van der Waals surface area contributed by atoms with E-state index < -0.39 is 17.5 Å². The maximum atomic E-state index is 13.2. The zero-order valence-corrected chi connectivity index (χ0v) is 13.8. The first-order valence-electron chi connectivity index (χ1n) is 8.04. The van der Waals surface area contributed by atoms with Crippen LogP contribution in [0.25, 0.3) is 0 Å². The largest absolute Gasteiger partial charge is 0.349 e. The Morgan fingerprint density at radius 1 is 1.04 bits per heavy atom. The molecule has 0 spiro atoms. The number of nitrogens with one attached hydrogen (secondary N) is 1. The highest BCUT2D eigenvalue weighted by Crippen LogP contribution is 2.19. The van der Waals surface area contributed by atoms with Gasteiger partial charge in [0, 0.05) is 36.8 Å². The van der Waals surface area contributed by atoms with Crippen molar-refractivity contribution in [3.8, 4) is 0 Å². The minimum absolute atomic E-state index is 0.0413. The third-order valence-electron chi connectivity index (χ3n) is 4.00. The predicted molar refractivity (Wildman–Crippen MR) is 89.1 cm³/mol. The summed E-state index contributed by atoms with van der Waals surface area (Å²) in [6.07, 6.45) is 2.05. The normalized spacial score (nSPS) is 13.4. The first kappa shape index (κ1) is 17.1. The van der Waals surface area contributed by atoms with Crippen molar-refractivity contribution in [3.63, 3.8) is 0 Å². The van der Waals surface area contributed by atoms with Gasteiger partial charge in [-0.15, -0.1) is 0 Å². The number of hydrogen-bond donors (Lipinski definition) is 1. The van der Waals surface area contributed by atoms with Crippen LogP contribution in [0.4, 0.5) is 8.78 Å². The molecule has 0 radical (unpaired) electrons. The van der Waals surface area contributed by atoms with Gasteiger partial charge in [-0.25, -0.2) is 8.78 Å². The Balaban J connectivity index is 1.64. The first-order valence-corrected chi connectivity index (χ1v) is 8.04. The molecule has 0 unspecified atom stereocenters. The molecule has 6 heteroatoms. The van der Waals surface area contributed by atoms with Crippen LogP contribution in [0.5, 0.6) is 0 Å². The molecule has 1 saturated carbocycles. The molecule has 2 aromatic rings. The van der Waals surface area contributed by atoms with Gasteiger partial charge < -0.3 is 10.2 Å². The zero-order valence-electron chi connectivity index (χ0n) is 13.8. The minimum atomic E-state index is -0.789. The third-order valence-corrected chi connectivity index (χ3v) is 4.00. The fraction of sp³-hybridized carbons (Fsp3) is 0.263. The summed E-state index contributed by atoms with van der Waals surface area (Å²) in [4.78, 5) is 25.6. The summed E-state index contributed by atoms with van der Waals surface area (Å²) < 4.78 is 26.5. The lowest BCUT2D eigenvalue weighted by Crippen LogP contribution is -2.27. The molecule has 2 aromatic carbocycles. The van der Waals surface area contributed by atoms with Gasteiger partial charge in [-0.3, -0.25) is 9.59 Å². The second-order valence-electron chi connectivity index (χ2n) is 6.26. The van der Waals surface area contributed by atoms with Crippen molar-refractivity contribution in [2.45, 2.75) is 25.4 Å². The molecule has 130 valence electrons. The molecule has 1 aliphatic rings. The van der Waals surface area contributed by atoms with Crippen molar-refractivity contribution in [1.29, 1.82) is 0 Å². The standard InChI is InChI=1S/C19H18F2N2O2/c1-23(19(25)14-8-15(20)10-16(21)9-14)11-12-2-4-13(5-3-12)18(24)22-17-6-7-17/h2-5,8-10,17H,6-7,11H2,1H3,(H,22,24). The molecule has 0 aliphatic heterocycles. The third kappa shape index (κ3) is 4.41. The van der Waals surface area contributed by atoms with E-state index in [-0.39, 0.29) is 18.0 Å². The van der Waals surface area contributed by atoms with Gasteiger partial charge in [0.15, 0.2) is 0 Å². The van der Waals surface area contributed by atoms with E-state index in [1.807, 2.05) is 0 Å². The number of nitrogens with zero attached hydrogens (tertiary/aromatic N) is 1. The Kier molecular flexibility index (Phi) is 4.79. The molecular formula is C19H18F2N2O2. The molecule has 3 rings (SSSR count). The molecule has 0 saturated heterocycles. The van der Waals surface area contributed by atoms with Crippen LogP contribution in [0, 0.1) is 11.6 Å². The van der Waals surface area contributed by atoms with Gasteiger partial charge in [-0.1, -0.05) is 12.1 Å². The van der Waals surface area contributed by atoms with Gasteiger partial charge in [0.2, 0.25) is 0 Å². The second kappa shape index (κ2) is 7.01. The number of rotatable bonds is 5. The summed E-state index contributed by atoms with van der Waals surface area (Å²) in [7, 11) is 1.55. The lowest BCUT2D eigenvalue weighted by molar-refractivity contribution is 0.0783. The van der Waals surface area contributed by atoms with Gasteiger partial charge in [-0.2, -0.15) is 0 Å². The van der Waals surface area contributed by atoms with Crippen molar-refractivity contribution >= 4 is 11.8 Å². The molecule has 1 N–H and O–H groups in total. The summed E-state index contributed by atoms with van der Waals surface area (Å²) in [5, 5.41) is 2.91. The monoisotopic (exact) mass is 344 g/mol. The number of benzene rings is 2. The molecule has 4 nitrogen and oxygen atoms in total. The number of carbonyl (C=O) groups is 2. The van der Waals surface area contributed by atoms with Crippen molar-refractivity contribution in [1.82, 2.24) is 10.2 Å². The van der Waals surface area contributed by atoms with E-state index in [9.17, 15) is 18.4 Å². The van der Waals surface area contributed by atoms with Crippen LogP contribution in [0.3, 0.4) is 0 Å². The van der Waals surface area contributed by atoms with Crippen molar-refractivity contribution in [2.75, 3.05) is 7.05 Å². The highest BCUT2D eigenvalue weighted by atomic mass is 19.1. The van der Waals surface area contributed by atoms with Crippen LogP contribution in [-0.4, -0.2) is 29.8 Å². The molecule has 0 bridgehead atoms. The number of halogens is 2. The van der Waals surface area contributed by atoms with E-state index in [4.69, 9.17) is 0 Å². The Morgan fingerprint density at radius 3 is 2.20 bits per heavy atom. The fourth-order valence-corrected chi connectivity index (χ4v) is 2.50. The smallest absolute Gasteiger partial charge is 0.254 e. The van der Waals surface area contributed by atoms with E-state index in [0.717, 1.165) is 36.6 Å². The molecule has 2 amide bonds. The molecule has 1 fully saturated rings. The van der Waals surface area contributed by atoms with Gasteiger partial charge in [-0.05, 0) is 42.7 Å². The Bertz CT molecular complexity index is 781. The summed E-state index contributed by atoms with van der Waals surface area (Å²) in [6.45, 7) is 0.265. The topological polar surface area (TPSA) is 49.4 Å². The summed E-state index contributed by atoms with van der Waals surface area (Å²) in [5.74, 6) is -2.16.